The summed E-state index contributed by atoms with van der Waals surface area (Å²) in [6.45, 7) is 2.45. The van der Waals surface area contributed by atoms with E-state index in [1.54, 1.807) is 17.4 Å². The van der Waals surface area contributed by atoms with Crippen LogP contribution in [0.4, 0.5) is 0 Å². The number of rotatable bonds is 6. The number of nitrogens with one attached hydrogen (secondary N) is 1. The normalized spacial score (nSPS) is 16.9. The Hall–Kier alpha value is -1.62. The predicted molar refractivity (Wildman–Crippen MR) is 79.6 cm³/mol. The second kappa shape index (κ2) is 6.22. The van der Waals surface area contributed by atoms with Gasteiger partial charge in [-0.3, -0.25) is 9.59 Å². The van der Waals surface area contributed by atoms with Gasteiger partial charge in [0.25, 0.3) is 0 Å². The maximum Gasteiger partial charge on any atom is 0.303 e. The highest BCUT2D eigenvalue weighted by Gasteiger charge is 2.38. The lowest BCUT2D eigenvalue weighted by molar-refractivity contribution is -0.141. The van der Waals surface area contributed by atoms with E-state index in [-0.39, 0.29) is 17.7 Å². The van der Waals surface area contributed by atoms with E-state index in [2.05, 4.69) is 5.32 Å². The maximum absolute atomic E-state index is 11.8. The van der Waals surface area contributed by atoms with Crippen LogP contribution in [-0.4, -0.2) is 23.5 Å². The zero-order valence-corrected chi connectivity index (χ0v) is 12.3. The molecule has 1 aromatic heterocycles. The Balaban J connectivity index is 1.84. The van der Waals surface area contributed by atoms with Gasteiger partial charge in [0, 0.05) is 17.5 Å². The van der Waals surface area contributed by atoms with Crippen molar-refractivity contribution in [1.82, 2.24) is 5.32 Å². The summed E-state index contributed by atoms with van der Waals surface area (Å²) < 4.78 is 0. The van der Waals surface area contributed by atoms with E-state index in [4.69, 9.17) is 5.11 Å². The number of aliphatic carboxylic acids is 1. The number of carbonyl (C=O) groups excluding carboxylic acids is 1. The third-order valence-electron chi connectivity index (χ3n) is 3.87. The Bertz CT molecular complexity index is 529. The molecule has 1 amide bonds. The number of carboxylic acid groups (broad SMARTS) is 1. The quantitative estimate of drug-likeness (QED) is 0.793. The molecular formula is C15H19NO3S. The lowest BCUT2D eigenvalue weighted by Gasteiger charge is -2.40. The van der Waals surface area contributed by atoms with Gasteiger partial charge in [-0.2, -0.15) is 0 Å². The maximum atomic E-state index is 11.8. The van der Waals surface area contributed by atoms with E-state index >= 15 is 0 Å². The number of aryl methyl sites for hydroxylation is 1. The Morgan fingerprint density at radius 1 is 1.50 bits per heavy atom. The van der Waals surface area contributed by atoms with Crippen LogP contribution in [0.3, 0.4) is 0 Å². The molecule has 4 nitrogen and oxygen atoms in total. The van der Waals surface area contributed by atoms with Gasteiger partial charge in [-0.25, -0.2) is 0 Å². The van der Waals surface area contributed by atoms with Crippen molar-refractivity contribution < 1.29 is 14.7 Å². The second-order valence-electron chi connectivity index (χ2n) is 5.44. The number of hydrogen-bond donors (Lipinski definition) is 2. The van der Waals surface area contributed by atoms with Crippen LogP contribution in [-0.2, 0) is 9.59 Å². The first kappa shape index (κ1) is 14.8. The van der Waals surface area contributed by atoms with Crippen LogP contribution < -0.4 is 5.32 Å². The van der Waals surface area contributed by atoms with Gasteiger partial charge in [0.2, 0.25) is 5.91 Å². The van der Waals surface area contributed by atoms with E-state index in [1.807, 2.05) is 18.4 Å². The molecule has 0 radical (unpaired) electrons. The molecule has 1 saturated carbocycles. The van der Waals surface area contributed by atoms with Gasteiger partial charge >= 0.3 is 5.97 Å². The molecule has 0 saturated heterocycles. The summed E-state index contributed by atoms with van der Waals surface area (Å²) in [4.78, 5) is 23.7. The summed E-state index contributed by atoms with van der Waals surface area (Å²) in [5.74, 6) is -0.946. The van der Waals surface area contributed by atoms with E-state index < -0.39 is 5.97 Å². The predicted octanol–water partition coefficient (Wildman–Crippen LogP) is 2.83. The first-order valence-corrected chi connectivity index (χ1v) is 7.61. The Labute approximate surface area is 122 Å². The largest absolute Gasteiger partial charge is 0.481 e. The van der Waals surface area contributed by atoms with Gasteiger partial charge in [-0.05, 0) is 48.3 Å². The molecule has 1 aromatic rings. The minimum absolute atomic E-state index is 0.140. The molecular weight excluding hydrogens is 274 g/mol. The summed E-state index contributed by atoms with van der Waals surface area (Å²) in [6.07, 6.45) is 6.28. The molecule has 0 unspecified atom stereocenters. The summed E-state index contributed by atoms with van der Waals surface area (Å²) in [6, 6.07) is 2.01. The molecule has 0 atom stereocenters. The Kier molecular flexibility index (Phi) is 4.60. The highest BCUT2D eigenvalue weighted by atomic mass is 32.1. The van der Waals surface area contributed by atoms with Crippen LogP contribution in [0, 0.1) is 12.3 Å². The molecule has 1 aliphatic rings. The number of carbonyl (C=O) groups is 2. The number of amides is 1. The molecule has 2 N–H and O–H groups in total. The highest BCUT2D eigenvalue weighted by molar-refractivity contribution is 7.11. The molecule has 0 aromatic carbocycles. The summed E-state index contributed by atoms with van der Waals surface area (Å²) in [5.41, 5.74) is 0.925. The zero-order chi connectivity index (χ0) is 14.6. The fourth-order valence-corrected chi connectivity index (χ4v) is 3.27. The van der Waals surface area contributed by atoms with E-state index in [0.717, 1.165) is 29.7 Å². The van der Waals surface area contributed by atoms with Crippen molar-refractivity contribution in [3.05, 3.63) is 28.0 Å². The summed E-state index contributed by atoms with van der Waals surface area (Å²) in [5, 5.41) is 13.7. The van der Waals surface area contributed by atoms with Crippen LogP contribution in [0.2, 0.25) is 0 Å². The topological polar surface area (TPSA) is 66.4 Å². The molecule has 0 aliphatic heterocycles. The van der Waals surface area contributed by atoms with Crippen molar-refractivity contribution in [2.75, 3.05) is 6.54 Å². The number of thiophene rings is 1. The molecule has 20 heavy (non-hydrogen) atoms. The van der Waals surface area contributed by atoms with Gasteiger partial charge in [-0.1, -0.05) is 6.42 Å². The molecule has 108 valence electrons. The minimum atomic E-state index is -0.788. The molecule has 1 fully saturated rings. The van der Waals surface area contributed by atoms with Crippen LogP contribution in [0.5, 0.6) is 0 Å². The lowest BCUT2D eigenvalue weighted by atomic mass is 9.66. The van der Waals surface area contributed by atoms with Crippen LogP contribution in [0.1, 0.15) is 36.1 Å². The van der Waals surface area contributed by atoms with Gasteiger partial charge in [0.15, 0.2) is 0 Å². The summed E-state index contributed by atoms with van der Waals surface area (Å²) in [7, 11) is 0. The third kappa shape index (κ3) is 3.70. The average molecular weight is 293 g/mol. The smallest absolute Gasteiger partial charge is 0.303 e. The molecule has 0 bridgehead atoms. The Morgan fingerprint density at radius 3 is 2.75 bits per heavy atom. The van der Waals surface area contributed by atoms with Crippen LogP contribution in [0.25, 0.3) is 6.08 Å². The number of carboxylic acids is 1. The van der Waals surface area contributed by atoms with E-state index in [9.17, 15) is 9.59 Å². The Morgan fingerprint density at radius 2 is 2.25 bits per heavy atom. The first-order valence-electron chi connectivity index (χ1n) is 6.73. The van der Waals surface area contributed by atoms with E-state index in [1.165, 1.54) is 6.08 Å². The van der Waals surface area contributed by atoms with Gasteiger partial charge in [-0.15, -0.1) is 11.3 Å². The minimum Gasteiger partial charge on any atom is -0.481 e. The van der Waals surface area contributed by atoms with E-state index in [0.29, 0.717) is 6.54 Å². The lowest BCUT2D eigenvalue weighted by Crippen LogP contribution is -2.43. The fraction of sp³-hybridized carbons (Fsp3) is 0.467. The van der Waals surface area contributed by atoms with Crippen LogP contribution >= 0.6 is 11.3 Å². The molecule has 2 rings (SSSR count). The van der Waals surface area contributed by atoms with Crippen molar-refractivity contribution in [3.63, 3.8) is 0 Å². The monoisotopic (exact) mass is 293 g/mol. The third-order valence-corrected chi connectivity index (χ3v) is 4.85. The second-order valence-corrected chi connectivity index (χ2v) is 6.39. The molecule has 1 heterocycles. The standard InChI is InChI=1S/C15H19NO3S/c1-11-5-8-20-12(11)3-4-13(17)16-10-15(6-2-7-15)9-14(18)19/h3-5,8H,2,6-7,9-10H2,1H3,(H,16,17)(H,18,19)/b4-3+. The molecule has 5 heteroatoms. The molecule has 1 aliphatic carbocycles. The average Bonchev–Trinajstić information content (AvgIpc) is 2.75. The van der Waals surface area contributed by atoms with Crippen molar-refractivity contribution in [1.29, 1.82) is 0 Å². The van der Waals surface area contributed by atoms with Crippen LogP contribution in [0.15, 0.2) is 17.5 Å². The molecule has 0 spiro atoms. The van der Waals surface area contributed by atoms with Crippen molar-refractivity contribution in [2.24, 2.45) is 5.41 Å². The number of hydrogen-bond acceptors (Lipinski definition) is 3. The van der Waals surface area contributed by atoms with Crippen molar-refractivity contribution >= 4 is 29.3 Å². The fourth-order valence-electron chi connectivity index (χ4n) is 2.45. The van der Waals surface area contributed by atoms with Crippen molar-refractivity contribution in [3.8, 4) is 0 Å². The first-order chi connectivity index (χ1) is 9.51. The van der Waals surface area contributed by atoms with Gasteiger partial charge in [0.1, 0.15) is 0 Å². The zero-order valence-electron chi connectivity index (χ0n) is 11.5. The highest BCUT2D eigenvalue weighted by Crippen LogP contribution is 2.43. The summed E-state index contributed by atoms with van der Waals surface area (Å²) >= 11 is 1.59. The van der Waals surface area contributed by atoms with Gasteiger partial charge < -0.3 is 10.4 Å². The van der Waals surface area contributed by atoms with Crippen molar-refractivity contribution in [2.45, 2.75) is 32.6 Å². The van der Waals surface area contributed by atoms with Gasteiger partial charge in [0.05, 0.1) is 6.42 Å². The SMILES string of the molecule is Cc1ccsc1/C=C/C(=O)NCC1(CC(=O)O)CCC1.